The van der Waals surface area contributed by atoms with Crippen molar-refractivity contribution in [2.45, 2.75) is 11.6 Å². The standard InChI is InChI=1S/C8H11NO3/c1-12-6-4-2-3-5-8(6,9)7(10)11/h2-6H,9H2,1H3,(H,10,11). The number of nitrogens with two attached hydrogens (primary N) is 1. The molecule has 0 bridgehead atoms. The van der Waals surface area contributed by atoms with E-state index in [4.69, 9.17) is 15.6 Å². The second-order valence-electron chi connectivity index (χ2n) is 2.64. The Labute approximate surface area is 70.3 Å². The van der Waals surface area contributed by atoms with E-state index in [-0.39, 0.29) is 0 Å². The molecule has 0 fully saturated rings. The molecule has 0 aromatic heterocycles. The fraction of sp³-hybridized carbons (Fsp3) is 0.375. The summed E-state index contributed by atoms with van der Waals surface area (Å²) in [4.78, 5) is 10.8. The van der Waals surface area contributed by atoms with Crippen LogP contribution in [-0.2, 0) is 9.53 Å². The molecule has 0 spiro atoms. The Morgan fingerprint density at radius 3 is 2.75 bits per heavy atom. The third-order valence-corrected chi connectivity index (χ3v) is 1.86. The number of carboxylic acid groups (broad SMARTS) is 1. The molecule has 0 heterocycles. The molecule has 0 amide bonds. The van der Waals surface area contributed by atoms with E-state index in [0.29, 0.717) is 0 Å². The highest BCUT2D eigenvalue weighted by Gasteiger charge is 2.40. The van der Waals surface area contributed by atoms with Crippen LogP contribution < -0.4 is 5.73 Å². The van der Waals surface area contributed by atoms with Crippen molar-refractivity contribution in [2.24, 2.45) is 5.73 Å². The van der Waals surface area contributed by atoms with E-state index < -0.39 is 17.6 Å². The Bertz CT molecular complexity index is 247. The molecule has 2 unspecified atom stereocenters. The largest absolute Gasteiger partial charge is 0.480 e. The number of aliphatic carboxylic acids is 1. The predicted octanol–water partition coefficient (Wildman–Crippen LogP) is -0.0905. The highest BCUT2D eigenvalue weighted by molar-refractivity contribution is 5.83. The van der Waals surface area contributed by atoms with Crippen molar-refractivity contribution in [3.63, 3.8) is 0 Å². The topological polar surface area (TPSA) is 72.5 Å². The number of allylic oxidation sites excluding steroid dienone is 2. The first-order valence-electron chi connectivity index (χ1n) is 3.52. The second kappa shape index (κ2) is 3.08. The summed E-state index contributed by atoms with van der Waals surface area (Å²) in [5, 5.41) is 8.81. The van der Waals surface area contributed by atoms with Gasteiger partial charge in [0.05, 0.1) is 0 Å². The fourth-order valence-corrected chi connectivity index (χ4v) is 1.10. The highest BCUT2D eigenvalue weighted by atomic mass is 16.5. The van der Waals surface area contributed by atoms with Gasteiger partial charge in [-0.05, 0) is 0 Å². The van der Waals surface area contributed by atoms with Crippen LogP contribution in [0, 0.1) is 0 Å². The molecule has 0 aliphatic heterocycles. The molecule has 1 aliphatic carbocycles. The van der Waals surface area contributed by atoms with Gasteiger partial charge in [-0.1, -0.05) is 24.3 Å². The summed E-state index contributed by atoms with van der Waals surface area (Å²) < 4.78 is 4.92. The number of rotatable bonds is 2. The smallest absolute Gasteiger partial charge is 0.330 e. The van der Waals surface area contributed by atoms with Crippen LogP contribution in [0.4, 0.5) is 0 Å². The van der Waals surface area contributed by atoms with Gasteiger partial charge < -0.3 is 15.6 Å². The van der Waals surface area contributed by atoms with Gasteiger partial charge in [0.15, 0.2) is 5.54 Å². The van der Waals surface area contributed by atoms with Gasteiger partial charge in [0.25, 0.3) is 0 Å². The number of carboxylic acids is 1. The average Bonchev–Trinajstić information content (AvgIpc) is 2.05. The molecule has 3 N–H and O–H groups in total. The molecular weight excluding hydrogens is 158 g/mol. The van der Waals surface area contributed by atoms with Crippen LogP contribution in [0.1, 0.15) is 0 Å². The third kappa shape index (κ3) is 1.26. The van der Waals surface area contributed by atoms with Crippen LogP contribution in [0.25, 0.3) is 0 Å². The molecule has 1 rings (SSSR count). The van der Waals surface area contributed by atoms with E-state index in [0.717, 1.165) is 0 Å². The second-order valence-corrected chi connectivity index (χ2v) is 2.64. The van der Waals surface area contributed by atoms with E-state index in [1.165, 1.54) is 13.2 Å². The summed E-state index contributed by atoms with van der Waals surface area (Å²) in [6.45, 7) is 0. The highest BCUT2D eigenvalue weighted by Crippen LogP contribution is 2.18. The van der Waals surface area contributed by atoms with E-state index in [2.05, 4.69) is 0 Å². The number of hydrogen-bond acceptors (Lipinski definition) is 3. The van der Waals surface area contributed by atoms with Crippen LogP contribution in [0.3, 0.4) is 0 Å². The van der Waals surface area contributed by atoms with Crippen molar-refractivity contribution >= 4 is 5.97 Å². The lowest BCUT2D eigenvalue weighted by Gasteiger charge is -2.29. The lowest BCUT2D eigenvalue weighted by Crippen LogP contribution is -2.56. The zero-order valence-corrected chi connectivity index (χ0v) is 6.73. The number of methoxy groups -OCH3 is 1. The monoisotopic (exact) mass is 169 g/mol. The molecule has 0 saturated heterocycles. The van der Waals surface area contributed by atoms with Gasteiger partial charge in [-0.2, -0.15) is 0 Å². The van der Waals surface area contributed by atoms with E-state index >= 15 is 0 Å². The Hall–Kier alpha value is -1.13. The van der Waals surface area contributed by atoms with Gasteiger partial charge in [0.2, 0.25) is 0 Å². The molecule has 12 heavy (non-hydrogen) atoms. The number of ether oxygens (including phenoxy) is 1. The van der Waals surface area contributed by atoms with Crippen LogP contribution in [0.2, 0.25) is 0 Å². The lowest BCUT2D eigenvalue weighted by molar-refractivity contribution is -0.145. The van der Waals surface area contributed by atoms with Crippen LogP contribution in [0.5, 0.6) is 0 Å². The molecule has 0 aromatic rings. The summed E-state index contributed by atoms with van der Waals surface area (Å²) in [5.74, 6) is -1.09. The molecule has 0 radical (unpaired) electrons. The van der Waals surface area contributed by atoms with Crippen LogP contribution >= 0.6 is 0 Å². The van der Waals surface area contributed by atoms with Crippen molar-refractivity contribution in [1.82, 2.24) is 0 Å². The SMILES string of the molecule is COC1C=CC=CC1(N)C(=O)O. The normalized spacial score (nSPS) is 33.7. The van der Waals surface area contributed by atoms with Gasteiger partial charge >= 0.3 is 5.97 Å². The first kappa shape index (κ1) is 8.96. The molecule has 1 aliphatic rings. The first-order chi connectivity index (χ1) is 5.61. The third-order valence-electron chi connectivity index (χ3n) is 1.86. The summed E-state index contributed by atoms with van der Waals surface area (Å²) in [6, 6.07) is 0. The Morgan fingerprint density at radius 1 is 1.67 bits per heavy atom. The number of carbonyl (C=O) groups is 1. The molecule has 0 aromatic carbocycles. The molecule has 66 valence electrons. The van der Waals surface area contributed by atoms with E-state index in [1.54, 1.807) is 18.2 Å². The molecule has 4 heteroatoms. The Morgan fingerprint density at radius 2 is 2.33 bits per heavy atom. The van der Waals surface area contributed by atoms with Gasteiger partial charge in [0, 0.05) is 7.11 Å². The zero-order valence-electron chi connectivity index (χ0n) is 6.73. The lowest BCUT2D eigenvalue weighted by atomic mass is 9.89. The molecule has 0 saturated carbocycles. The van der Waals surface area contributed by atoms with E-state index in [1.807, 2.05) is 0 Å². The molecule has 2 atom stereocenters. The van der Waals surface area contributed by atoms with Gasteiger partial charge in [-0.25, -0.2) is 4.79 Å². The fourth-order valence-electron chi connectivity index (χ4n) is 1.10. The minimum Gasteiger partial charge on any atom is -0.480 e. The minimum absolute atomic E-state index is 0.597. The maximum Gasteiger partial charge on any atom is 0.330 e. The summed E-state index contributed by atoms with van der Waals surface area (Å²) in [7, 11) is 1.43. The molecule has 4 nitrogen and oxygen atoms in total. The van der Waals surface area contributed by atoms with Crippen molar-refractivity contribution < 1.29 is 14.6 Å². The van der Waals surface area contributed by atoms with Crippen molar-refractivity contribution in [1.29, 1.82) is 0 Å². The van der Waals surface area contributed by atoms with Gasteiger partial charge in [0.1, 0.15) is 6.10 Å². The summed E-state index contributed by atoms with van der Waals surface area (Å²) in [5.41, 5.74) is 4.17. The summed E-state index contributed by atoms with van der Waals surface area (Å²) in [6.07, 6.45) is 5.75. The Kier molecular flexibility index (Phi) is 2.30. The number of hydrogen-bond donors (Lipinski definition) is 2. The van der Waals surface area contributed by atoms with Crippen LogP contribution in [-0.4, -0.2) is 29.8 Å². The predicted molar refractivity (Wildman–Crippen MR) is 43.6 cm³/mol. The minimum atomic E-state index is -1.43. The Balaban J connectivity index is 2.94. The van der Waals surface area contributed by atoms with Crippen molar-refractivity contribution in [2.75, 3.05) is 7.11 Å². The summed E-state index contributed by atoms with van der Waals surface area (Å²) >= 11 is 0. The zero-order chi connectivity index (χ0) is 9.19. The van der Waals surface area contributed by atoms with E-state index in [9.17, 15) is 4.79 Å². The van der Waals surface area contributed by atoms with Crippen molar-refractivity contribution in [3.05, 3.63) is 24.3 Å². The maximum absolute atomic E-state index is 10.8. The van der Waals surface area contributed by atoms with Gasteiger partial charge in [-0.15, -0.1) is 0 Å². The van der Waals surface area contributed by atoms with Crippen molar-refractivity contribution in [3.8, 4) is 0 Å². The average molecular weight is 169 g/mol. The molecular formula is C8H11NO3. The quantitative estimate of drug-likeness (QED) is 0.606. The first-order valence-corrected chi connectivity index (χ1v) is 3.52. The maximum atomic E-state index is 10.8. The van der Waals surface area contributed by atoms with Crippen LogP contribution in [0.15, 0.2) is 24.3 Å². The van der Waals surface area contributed by atoms with Gasteiger partial charge in [-0.3, -0.25) is 0 Å².